The second kappa shape index (κ2) is 9.66. The number of aryl methyl sites for hydroxylation is 1. The van der Waals surface area contributed by atoms with Gasteiger partial charge in [0.15, 0.2) is 0 Å². The highest BCUT2D eigenvalue weighted by Gasteiger charge is 2.38. The summed E-state index contributed by atoms with van der Waals surface area (Å²) in [6.45, 7) is 2.99. The van der Waals surface area contributed by atoms with Gasteiger partial charge in [-0.3, -0.25) is 9.69 Å². The third-order valence-electron chi connectivity index (χ3n) is 6.20. The molecule has 5 nitrogen and oxygen atoms in total. The summed E-state index contributed by atoms with van der Waals surface area (Å²) >= 11 is 1.56. The number of nitrogens with zero attached hydrogens (tertiary/aromatic N) is 3. The molecule has 2 heterocycles. The van der Waals surface area contributed by atoms with Crippen LogP contribution < -0.4 is 9.64 Å². The molecular formula is C28H25N3O2S. The van der Waals surface area contributed by atoms with Crippen LogP contribution in [-0.2, 0) is 11.4 Å². The van der Waals surface area contributed by atoms with Crippen LogP contribution in [0.5, 0.6) is 5.75 Å². The number of hydrogen-bond acceptors (Lipinski definition) is 5. The van der Waals surface area contributed by atoms with Crippen LogP contribution in [0.25, 0.3) is 0 Å². The van der Waals surface area contributed by atoms with Crippen molar-refractivity contribution in [2.45, 2.75) is 25.9 Å². The molecule has 0 saturated carbocycles. The Kier molecular flexibility index (Phi) is 6.29. The zero-order valence-electron chi connectivity index (χ0n) is 19.0. The van der Waals surface area contributed by atoms with Crippen LogP contribution in [0.15, 0.2) is 89.5 Å². The Morgan fingerprint density at radius 3 is 2.62 bits per heavy atom. The second-order valence-corrected chi connectivity index (χ2v) is 9.48. The lowest BCUT2D eigenvalue weighted by molar-refractivity contribution is -0.129. The molecule has 1 saturated heterocycles. The van der Waals surface area contributed by atoms with Crippen molar-refractivity contribution < 1.29 is 9.53 Å². The number of rotatable bonds is 5. The Morgan fingerprint density at radius 2 is 1.85 bits per heavy atom. The van der Waals surface area contributed by atoms with E-state index in [1.54, 1.807) is 16.7 Å². The van der Waals surface area contributed by atoms with E-state index < -0.39 is 0 Å². The van der Waals surface area contributed by atoms with Crippen molar-refractivity contribution in [3.05, 3.63) is 106 Å². The molecule has 1 amide bonds. The molecule has 0 bridgehead atoms. The van der Waals surface area contributed by atoms with Gasteiger partial charge in [0.25, 0.3) is 0 Å². The number of ether oxygens (including phenoxy) is 1. The minimum Gasteiger partial charge on any atom is -0.489 e. The molecule has 0 aliphatic carbocycles. The monoisotopic (exact) mass is 467 g/mol. The molecule has 3 aromatic rings. The summed E-state index contributed by atoms with van der Waals surface area (Å²) in [5, 5.41) is 10.9. The van der Waals surface area contributed by atoms with Gasteiger partial charge in [0.05, 0.1) is 29.2 Å². The van der Waals surface area contributed by atoms with Gasteiger partial charge in [0.2, 0.25) is 5.91 Å². The lowest BCUT2D eigenvalue weighted by Crippen LogP contribution is -2.47. The van der Waals surface area contributed by atoms with Crippen LogP contribution >= 0.6 is 11.8 Å². The lowest BCUT2D eigenvalue weighted by atomic mass is 9.86. The highest BCUT2D eigenvalue weighted by atomic mass is 32.2. The Morgan fingerprint density at radius 1 is 1.06 bits per heavy atom. The number of carbonyl (C=O) groups is 1. The predicted molar refractivity (Wildman–Crippen MR) is 135 cm³/mol. The number of hydrogen-bond donors (Lipinski definition) is 0. The van der Waals surface area contributed by atoms with Crippen LogP contribution in [0.3, 0.4) is 0 Å². The molecule has 2 aliphatic heterocycles. The largest absolute Gasteiger partial charge is 0.489 e. The summed E-state index contributed by atoms with van der Waals surface area (Å²) in [4.78, 5) is 17.1. The molecule has 0 N–H and O–H groups in total. The molecule has 34 heavy (non-hydrogen) atoms. The quantitative estimate of drug-likeness (QED) is 0.475. The van der Waals surface area contributed by atoms with Crippen LogP contribution in [0.1, 0.15) is 29.0 Å². The molecule has 0 radical (unpaired) electrons. The number of benzene rings is 3. The van der Waals surface area contributed by atoms with Crippen molar-refractivity contribution in [1.29, 1.82) is 5.26 Å². The van der Waals surface area contributed by atoms with Crippen LogP contribution in [0.2, 0.25) is 0 Å². The Hall–Kier alpha value is -3.69. The average Bonchev–Trinajstić information content (AvgIpc) is 2.88. The van der Waals surface area contributed by atoms with Gasteiger partial charge >= 0.3 is 0 Å². The molecule has 2 aliphatic rings. The average molecular weight is 468 g/mol. The maximum Gasteiger partial charge on any atom is 0.229 e. The number of carbonyl (C=O) groups excluding carboxylic acids is 1. The molecule has 0 aromatic heterocycles. The number of nitriles is 1. The van der Waals surface area contributed by atoms with Gasteiger partial charge in [-0.25, -0.2) is 0 Å². The first-order valence-corrected chi connectivity index (χ1v) is 12.3. The zero-order chi connectivity index (χ0) is 23.5. The van der Waals surface area contributed by atoms with E-state index in [9.17, 15) is 10.1 Å². The van der Waals surface area contributed by atoms with E-state index in [1.165, 1.54) is 5.56 Å². The lowest BCUT2D eigenvalue weighted by Gasteiger charge is -2.42. The SMILES string of the molecule is Cc1ccc(N2CSC3=C(C#N)C(c4cccc(OCc5ccccc5)c4)CC(=O)N3C2)cc1. The van der Waals surface area contributed by atoms with Gasteiger partial charge in [0.1, 0.15) is 12.4 Å². The maximum atomic E-state index is 13.2. The van der Waals surface area contributed by atoms with Gasteiger partial charge < -0.3 is 9.64 Å². The van der Waals surface area contributed by atoms with E-state index in [4.69, 9.17) is 4.74 Å². The van der Waals surface area contributed by atoms with Crippen molar-refractivity contribution in [2.75, 3.05) is 17.4 Å². The molecule has 1 atom stereocenters. The van der Waals surface area contributed by atoms with Crippen molar-refractivity contribution in [2.24, 2.45) is 0 Å². The number of thioether (sulfide) groups is 1. The topological polar surface area (TPSA) is 56.6 Å². The second-order valence-electron chi connectivity index (χ2n) is 8.55. The Bertz CT molecular complexity index is 1260. The standard InChI is InChI=1S/C28H25N3O2S/c1-20-10-12-23(13-11-20)30-18-31-27(32)15-25(26(16-29)28(31)34-19-30)22-8-5-9-24(14-22)33-17-21-6-3-2-4-7-21/h2-14,25H,15,17-19H2,1H3. The summed E-state index contributed by atoms with van der Waals surface area (Å²) in [6.07, 6.45) is 0.275. The maximum absolute atomic E-state index is 13.2. The molecule has 3 aromatic carbocycles. The zero-order valence-corrected chi connectivity index (χ0v) is 19.8. The van der Waals surface area contributed by atoms with E-state index in [2.05, 4.69) is 42.2 Å². The highest BCUT2D eigenvalue weighted by molar-refractivity contribution is 8.03. The first-order chi connectivity index (χ1) is 16.6. The first-order valence-electron chi connectivity index (χ1n) is 11.3. The highest BCUT2D eigenvalue weighted by Crippen LogP contribution is 2.43. The summed E-state index contributed by atoms with van der Waals surface area (Å²) in [6, 6.07) is 28.5. The van der Waals surface area contributed by atoms with E-state index in [0.717, 1.165) is 27.6 Å². The molecule has 170 valence electrons. The number of anilines is 1. The summed E-state index contributed by atoms with van der Waals surface area (Å²) < 4.78 is 5.99. The minimum absolute atomic E-state index is 0.0407. The van der Waals surface area contributed by atoms with E-state index in [-0.39, 0.29) is 18.2 Å². The fourth-order valence-electron chi connectivity index (χ4n) is 4.33. The van der Waals surface area contributed by atoms with Gasteiger partial charge in [-0.15, -0.1) is 0 Å². The van der Waals surface area contributed by atoms with Gasteiger partial charge in [-0.1, -0.05) is 71.9 Å². The normalized spacial score (nSPS) is 17.9. The Labute approximate surface area is 204 Å². The summed E-state index contributed by atoms with van der Waals surface area (Å²) in [5.74, 6) is 1.21. The van der Waals surface area contributed by atoms with E-state index in [0.29, 0.717) is 24.7 Å². The van der Waals surface area contributed by atoms with Crippen molar-refractivity contribution in [3.8, 4) is 11.8 Å². The van der Waals surface area contributed by atoms with Crippen LogP contribution in [0, 0.1) is 18.3 Å². The van der Waals surface area contributed by atoms with Crippen molar-refractivity contribution in [1.82, 2.24) is 4.90 Å². The minimum atomic E-state index is -0.262. The smallest absolute Gasteiger partial charge is 0.229 e. The van der Waals surface area contributed by atoms with Gasteiger partial charge in [-0.2, -0.15) is 5.26 Å². The number of allylic oxidation sites excluding steroid dienone is 1. The van der Waals surface area contributed by atoms with E-state index in [1.807, 2.05) is 54.6 Å². The molecule has 1 unspecified atom stereocenters. The fourth-order valence-corrected chi connectivity index (χ4v) is 5.50. The molecule has 5 rings (SSSR count). The molecule has 1 fully saturated rings. The molecule has 0 spiro atoms. The molecular weight excluding hydrogens is 442 g/mol. The first kappa shape index (κ1) is 22.1. The predicted octanol–water partition coefficient (Wildman–Crippen LogP) is 5.79. The fraction of sp³-hybridized carbons (Fsp3) is 0.214. The third kappa shape index (κ3) is 4.52. The number of amides is 1. The van der Waals surface area contributed by atoms with Gasteiger partial charge in [0, 0.05) is 18.0 Å². The van der Waals surface area contributed by atoms with Crippen LogP contribution in [-0.4, -0.2) is 23.4 Å². The van der Waals surface area contributed by atoms with E-state index >= 15 is 0 Å². The van der Waals surface area contributed by atoms with Crippen LogP contribution in [0.4, 0.5) is 5.69 Å². The van der Waals surface area contributed by atoms with Crippen molar-refractivity contribution >= 4 is 23.4 Å². The Balaban J connectivity index is 1.37. The third-order valence-corrected chi connectivity index (χ3v) is 7.36. The summed E-state index contributed by atoms with van der Waals surface area (Å²) in [7, 11) is 0. The number of fused-ring (bicyclic) bond motifs is 1. The van der Waals surface area contributed by atoms with Gasteiger partial charge in [-0.05, 0) is 42.3 Å². The molecule has 6 heteroatoms. The van der Waals surface area contributed by atoms with Crippen molar-refractivity contribution in [3.63, 3.8) is 0 Å². The summed E-state index contributed by atoms with van der Waals surface area (Å²) in [5.41, 5.74) is 4.96.